The molecule has 284 valence electrons. The van der Waals surface area contributed by atoms with Gasteiger partial charge in [-0.05, 0) is 138 Å². The molecule has 2 aliphatic rings. The van der Waals surface area contributed by atoms with Gasteiger partial charge in [0.1, 0.15) is 17.1 Å². The Hall–Kier alpha value is -2.81. The van der Waals surface area contributed by atoms with Crippen LogP contribution in [0.3, 0.4) is 0 Å². The molecule has 0 spiro atoms. The van der Waals surface area contributed by atoms with E-state index in [-0.39, 0.29) is 17.0 Å². The number of benzene rings is 1. The second-order valence-corrected chi connectivity index (χ2v) is 17.9. The van der Waals surface area contributed by atoms with E-state index in [1.165, 1.54) is 92.9 Å². The van der Waals surface area contributed by atoms with Crippen molar-refractivity contribution >= 4 is 5.97 Å². The molecule has 0 N–H and O–H groups in total. The quantitative estimate of drug-likeness (QED) is 0.0662. The molecule has 1 aliphatic carbocycles. The smallest absolute Gasteiger partial charge is 0.336 e. The highest BCUT2D eigenvalue weighted by Crippen LogP contribution is 2.43. The lowest BCUT2D eigenvalue weighted by Gasteiger charge is -2.38. The van der Waals surface area contributed by atoms with Gasteiger partial charge in [0, 0.05) is 11.6 Å². The van der Waals surface area contributed by atoms with E-state index in [1.54, 1.807) is 6.08 Å². The van der Waals surface area contributed by atoms with Gasteiger partial charge in [-0.15, -0.1) is 0 Å². The molecule has 51 heavy (non-hydrogen) atoms. The first-order valence-corrected chi connectivity index (χ1v) is 20.4. The minimum absolute atomic E-state index is 0.148. The van der Waals surface area contributed by atoms with Crippen molar-refractivity contribution < 1.29 is 14.3 Å². The molecule has 0 saturated carbocycles. The van der Waals surface area contributed by atoms with E-state index in [4.69, 9.17) is 9.47 Å². The van der Waals surface area contributed by atoms with Crippen molar-refractivity contribution in [3.05, 3.63) is 81.5 Å². The number of carbonyl (C=O) groups is 1. The van der Waals surface area contributed by atoms with E-state index in [2.05, 4.69) is 94.4 Å². The number of hydrogen-bond acceptors (Lipinski definition) is 3. The van der Waals surface area contributed by atoms with Gasteiger partial charge < -0.3 is 9.47 Å². The first-order chi connectivity index (χ1) is 24.0. The number of ether oxygens (including phenoxy) is 2. The summed E-state index contributed by atoms with van der Waals surface area (Å²) in [5.41, 5.74) is 8.33. The summed E-state index contributed by atoms with van der Waals surface area (Å²) in [5.74, 6) is 3.73. The third-order valence-corrected chi connectivity index (χ3v) is 11.7. The molecule has 0 radical (unpaired) electrons. The Morgan fingerprint density at radius 1 is 0.863 bits per heavy atom. The summed E-state index contributed by atoms with van der Waals surface area (Å²) in [6, 6.07) is 1.98. The van der Waals surface area contributed by atoms with Crippen molar-refractivity contribution in [1.82, 2.24) is 0 Å². The zero-order chi connectivity index (χ0) is 37.8. The van der Waals surface area contributed by atoms with Gasteiger partial charge in [0.15, 0.2) is 0 Å². The highest BCUT2D eigenvalue weighted by Gasteiger charge is 2.34. The van der Waals surface area contributed by atoms with E-state index in [1.807, 2.05) is 25.1 Å². The van der Waals surface area contributed by atoms with Gasteiger partial charge in [-0.3, -0.25) is 0 Å². The number of allylic oxidation sites excluding steroid dienone is 9. The van der Waals surface area contributed by atoms with E-state index < -0.39 is 0 Å². The minimum atomic E-state index is -0.349. The van der Waals surface area contributed by atoms with E-state index in [0.717, 1.165) is 59.5 Å². The number of rotatable bonds is 18. The summed E-state index contributed by atoms with van der Waals surface area (Å²) in [6.45, 7) is 27.0. The highest BCUT2D eigenvalue weighted by molar-refractivity contribution is 5.85. The van der Waals surface area contributed by atoms with Crippen LogP contribution in [0.4, 0.5) is 0 Å². The number of aryl methyl sites for hydroxylation is 1. The van der Waals surface area contributed by atoms with Gasteiger partial charge in [-0.25, -0.2) is 4.79 Å². The van der Waals surface area contributed by atoms with Crippen LogP contribution in [0.25, 0.3) is 0 Å². The normalized spacial score (nSPS) is 21.0. The first-order valence-electron chi connectivity index (χ1n) is 20.4. The SMILES string of the molecule is CC1=C(/C=C/C(C)=C/C=C/C(C)=C/C(=O)Oc2cc(C)c3c(c2C)CCC(C)(CCCC(C)CCCC(C)CCCC(C)C)O3)C(C)(C)CCC1. The summed E-state index contributed by atoms with van der Waals surface area (Å²) in [4.78, 5) is 13.0. The van der Waals surface area contributed by atoms with Crippen molar-refractivity contribution in [2.75, 3.05) is 0 Å². The molecule has 3 heteroatoms. The Kier molecular flexibility index (Phi) is 16.6. The number of hydrogen-bond donors (Lipinski definition) is 0. The van der Waals surface area contributed by atoms with Gasteiger partial charge >= 0.3 is 5.97 Å². The molecule has 1 aliphatic heterocycles. The van der Waals surface area contributed by atoms with Crippen LogP contribution < -0.4 is 9.47 Å². The van der Waals surface area contributed by atoms with E-state index in [9.17, 15) is 4.79 Å². The fourth-order valence-electron chi connectivity index (χ4n) is 8.15. The van der Waals surface area contributed by atoms with Crippen LogP contribution in [-0.4, -0.2) is 11.6 Å². The maximum atomic E-state index is 13.0. The zero-order valence-corrected chi connectivity index (χ0v) is 34.9. The molecule has 1 aromatic carbocycles. The highest BCUT2D eigenvalue weighted by atomic mass is 16.5. The predicted octanol–water partition coefficient (Wildman–Crippen LogP) is 14.3. The van der Waals surface area contributed by atoms with Crippen molar-refractivity contribution in [3.8, 4) is 11.5 Å². The average molecular weight is 699 g/mol. The van der Waals surface area contributed by atoms with Crippen molar-refractivity contribution in [1.29, 1.82) is 0 Å². The number of fused-ring (bicyclic) bond motifs is 1. The molecule has 1 heterocycles. The second-order valence-electron chi connectivity index (χ2n) is 17.9. The summed E-state index contributed by atoms with van der Waals surface area (Å²) >= 11 is 0. The van der Waals surface area contributed by atoms with E-state index >= 15 is 0 Å². The molecular weight excluding hydrogens is 625 g/mol. The van der Waals surface area contributed by atoms with Gasteiger partial charge in [-0.2, -0.15) is 0 Å². The van der Waals surface area contributed by atoms with E-state index in [0.29, 0.717) is 5.75 Å². The Bertz CT molecular complexity index is 1460. The third-order valence-electron chi connectivity index (χ3n) is 11.7. The molecular formula is C48H74O3. The summed E-state index contributed by atoms with van der Waals surface area (Å²) < 4.78 is 12.7. The monoisotopic (exact) mass is 699 g/mol. The third kappa shape index (κ3) is 13.9. The Balaban J connectivity index is 1.50. The van der Waals surface area contributed by atoms with Crippen molar-refractivity contribution in [3.63, 3.8) is 0 Å². The van der Waals surface area contributed by atoms with Crippen molar-refractivity contribution in [2.24, 2.45) is 23.2 Å². The Morgan fingerprint density at radius 3 is 2.16 bits per heavy atom. The molecule has 0 aromatic heterocycles. The van der Waals surface area contributed by atoms with Crippen LogP contribution in [0.15, 0.2) is 64.8 Å². The molecule has 1 aromatic rings. The lowest BCUT2D eigenvalue weighted by atomic mass is 9.72. The fraction of sp³-hybridized carbons (Fsp3) is 0.646. The van der Waals surface area contributed by atoms with Crippen LogP contribution in [0.2, 0.25) is 0 Å². The summed E-state index contributed by atoms with van der Waals surface area (Å²) in [5, 5.41) is 0. The van der Waals surface area contributed by atoms with Crippen LogP contribution in [0.5, 0.6) is 11.5 Å². The Morgan fingerprint density at radius 2 is 1.51 bits per heavy atom. The van der Waals surface area contributed by atoms with Crippen molar-refractivity contribution in [2.45, 2.75) is 179 Å². The minimum Gasteiger partial charge on any atom is -0.487 e. The molecule has 0 bridgehead atoms. The molecule has 0 fully saturated rings. The summed E-state index contributed by atoms with van der Waals surface area (Å²) in [6.07, 6.45) is 29.5. The predicted molar refractivity (Wildman–Crippen MR) is 220 cm³/mol. The van der Waals surface area contributed by atoms with Crippen LogP contribution >= 0.6 is 0 Å². The lowest BCUT2D eigenvalue weighted by molar-refractivity contribution is -0.129. The second kappa shape index (κ2) is 19.9. The van der Waals surface area contributed by atoms with Gasteiger partial charge in [0.2, 0.25) is 0 Å². The maximum absolute atomic E-state index is 13.0. The average Bonchev–Trinajstić information content (AvgIpc) is 3.02. The molecule has 3 unspecified atom stereocenters. The summed E-state index contributed by atoms with van der Waals surface area (Å²) in [7, 11) is 0. The standard InChI is InChI=1S/C48H74O3/c1-34(2)18-13-19-35(3)20-14-21-36(4)24-16-30-48(12)31-28-42-41(9)44(33-40(8)46(42)51-48)50-45(49)32-38(6)23-15-22-37(5)26-27-43-39(7)25-17-29-47(43,10)11/h15,22-23,26-27,32-36H,13-14,16-21,24-25,28-31H2,1-12H3/b23-15+,27-26+,37-22+,38-32+. The molecule has 3 atom stereocenters. The lowest BCUT2D eigenvalue weighted by Crippen LogP contribution is -2.37. The van der Waals surface area contributed by atoms with Crippen LogP contribution in [0.1, 0.15) is 169 Å². The van der Waals surface area contributed by atoms with Gasteiger partial charge in [-0.1, -0.05) is 128 Å². The topological polar surface area (TPSA) is 35.5 Å². The van der Waals surface area contributed by atoms with Crippen LogP contribution in [0, 0.1) is 37.0 Å². The Labute approximate surface area is 314 Å². The maximum Gasteiger partial charge on any atom is 0.336 e. The molecule has 0 amide bonds. The fourth-order valence-corrected chi connectivity index (χ4v) is 8.15. The molecule has 3 nitrogen and oxygen atoms in total. The molecule has 0 saturated heterocycles. The van der Waals surface area contributed by atoms with Gasteiger partial charge in [0.05, 0.1) is 0 Å². The zero-order valence-electron chi connectivity index (χ0n) is 34.9. The van der Waals surface area contributed by atoms with Gasteiger partial charge in [0.25, 0.3) is 0 Å². The number of esters is 1. The largest absolute Gasteiger partial charge is 0.487 e. The first kappa shape index (κ1) is 42.6. The van der Waals surface area contributed by atoms with Crippen LogP contribution in [-0.2, 0) is 11.2 Å². The molecule has 3 rings (SSSR count). The number of carbonyl (C=O) groups excluding carboxylic acids is 1.